The Balaban J connectivity index is 1.11. The SMILES string of the molecule is NC1(C(=O)Nc2ccc3c(c2)CC[C@@]32OC(=O)N(CC(=O)N3Cc4ccc(F)cc4CC[C@H]3C3(O)CC3)C2=O)CCC1. The first kappa shape index (κ1) is 27.0. The zero-order chi connectivity index (χ0) is 29.4. The molecule has 0 radical (unpaired) electrons. The third-order valence-electron chi connectivity index (χ3n) is 9.88. The number of hydrogen-bond acceptors (Lipinski definition) is 7. The lowest BCUT2D eigenvalue weighted by atomic mass is 9.77. The largest absolute Gasteiger partial charge is 0.427 e. The predicted molar refractivity (Wildman–Crippen MR) is 147 cm³/mol. The number of fused-ring (bicyclic) bond motifs is 3. The number of aliphatic hydroxyl groups is 1. The zero-order valence-electron chi connectivity index (χ0n) is 23.2. The molecule has 220 valence electrons. The van der Waals surface area contributed by atoms with Crippen molar-refractivity contribution in [2.75, 3.05) is 11.9 Å². The number of hydrogen-bond donors (Lipinski definition) is 3. The summed E-state index contributed by atoms with van der Waals surface area (Å²) < 4.78 is 19.6. The van der Waals surface area contributed by atoms with Gasteiger partial charge in [0.1, 0.15) is 12.4 Å². The quantitative estimate of drug-likeness (QED) is 0.497. The van der Waals surface area contributed by atoms with E-state index in [1.807, 2.05) is 0 Å². The van der Waals surface area contributed by atoms with Crippen LogP contribution in [0.1, 0.15) is 67.2 Å². The Labute approximate surface area is 242 Å². The van der Waals surface area contributed by atoms with E-state index >= 15 is 0 Å². The van der Waals surface area contributed by atoms with Gasteiger partial charge in [-0.2, -0.15) is 0 Å². The van der Waals surface area contributed by atoms with E-state index in [-0.39, 0.29) is 24.7 Å². The van der Waals surface area contributed by atoms with Crippen LogP contribution >= 0.6 is 0 Å². The monoisotopic (exact) mass is 576 g/mol. The van der Waals surface area contributed by atoms with Gasteiger partial charge < -0.3 is 25.8 Å². The standard InChI is InChI=1S/C31H33FN4O6/c32-21-4-2-20-16-35(24(30(41)12-13-30)7-3-18(20)14-21)25(37)17-36-27(39)31(42-28(36)40)11-8-19-15-22(5-6-23(19)31)34-26(38)29(33)9-1-10-29/h2,4-6,14-15,24,41H,1,3,7-13,16-17,33H2,(H,34,38)/t24-,31+/m0/s1. The van der Waals surface area contributed by atoms with Gasteiger partial charge in [0.15, 0.2) is 0 Å². The Hall–Kier alpha value is -3.83. The Morgan fingerprint density at radius 1 is 1.02 bits per heavy atom. The molecule has 0 aromatic heterocycles. The number of rotatable bonds is 5. The van der Waals surface area contributed by atoms with Crippen LogP contribution in [0.5, 0.6) is 0 Å². The Kier molecular flexibility index (Phi) is 6.01. The molecule has 2 saturated carbocycles. The Bertz CT molecular complexity index is 1540. The molecule has 0 unspecified atom stereocenters. The van der Waals surface area contributed by atoms with Gasteiger partial charge in [0.2, 0.25) is 17.4 Å². The normalized spacial score (nSPS) is 26.7. The number of carbonyl (C=O) groups excluding carboxylic acids is 4. The predicted octanol–water partition coefficient (Wildman–Crippen LogP) is 2.63. The van der Waals surface area contributed by atoms with Crippen LogP contribution in [-0.4, -0.2) is 62.4 Å². The highest BCUT2D eigenvalue weighted by atomic mass is 19.1. The van der Waals surface area contributed by atoms with Crippen molar-refractivity contribution in [3.8, 4) is 0 Å². The maximum absolute atomic E-state index is 13.9. The molecule has 10 nitrogen and oxygen atoms in total. The second-order valence-corrected chi connectivity index (χ2v) is 12.5. The van der Waals surface area contributed by atoms with Crippen molar-refractivity contribution >= 4 is 29.5 Å². The molecule has 2 aromatic carbocycles. The van der Waals surface area contributed by atoms with E-state index in [0.29, 0.717) is 56.2 Å². The lowest BCUT2D eigenvalue weighted by Crippen LogP contribution is -2.56. The van der Waals surface area contributed by atoms with Crippen molar-refractivity contribution in [1.29, 1.82) is 0 Å². The number of nitrogens with zero attached hydrogens (tertiary/aromatic N) is 2. The Morgan fingerprint density at radius 2 is 1.81 bits per heavy atom. The molecule has 0 bridgehead atoms. The minimum absolute atomic E-state index is 0.144. The molecule has 2 aliphatic heterocycles. The number of nitrogens with two attached hydrogens (primary N) is 1. The highest BCUT2D eigenvalue weighted by Crippen LogP contribution is 2.47. The van der Waals surface area contributed by atoms with Crippen LogP contribution in [0.3, 0.4) is 0 Å². The summed E-state index contributed by atoms with van der Waals surface area (Å²) in [5, 5.41) is 13.9. The van der Waals surface area contributed by atoms with E-state index in [9.17, 15) is 28.7 Å². The third-order valence-corrected chi connectivity index (χ3v) is 9.88. The fourth-order valence-electron chi connectivity index (χ4n) is 7.00. The molecule has 4 N–H and O–H groups in total. The van der Waals surface area contributed by atoms with E-state index < -0.39 is 47.2 Å². The highest BCUT2D eigenvalue weighted by molar-refractivity contribution is 6.06. The Morgan fingerprint density at radius 3 is 2.52 bits per heavy atom. The molecule has 3 aliphatic carbocycles. The lowest BCUT2D eigenvalue weighted by molar-refractivity contribution is -0.144. The zero-order valence-corrected chi connectivity index (χ0v) is 23.2. The van der Waals surface area contributed by atoms with Crippen molar-refractivity contribution < 1.29 is 33.4 Å². The molecule has 11 heteroatoms. The molecule has 2 aromatic rings. The maximum atomic E-state index is 13.9. The summed E-state index contributed by atoms with van der Waals surface area (Å²) in [6.45, 7) is -0.379. The summed E-state index contributed by atoms with van der Waals surface area (Å²) >= 11 is 0. The number of carbonyl (C=O) groups is 4. The van der Waals surface area contributed by atoms with Crippen molar-refractivity contribution in [3.05, 3.63) is 64.5 Å². The molecular weight excluding hydrogens is 543 g/mol. The fourth-order valence-corrected chi connectivity index (χ4v) is 7.00. The molecule has 5 aliphatic rings. The molecular formula is C31H33FN4O6. The average Bonchev–Trinajstić information content (AvgIpc) is 3.58. The number of halogens is 1. The van der Waals surface area contributed by atoms with Gasteiger partial charge in [-0.15, -0.1) is 0 Å². The molecule has 3 fully saturated rings. The average molecular weight is 577 g/mol. The summed E-state index contributed by atoms with van der Waals surface area (Å²) in [6, 6.07) is 9.04. The summed E-state index contributed by atoms with van der Waals surface area (Å²) in [5.41, 5.74) is 6.13. The minimum atomic E-state index is -1.53. The van der Waals surface area contributed by atoms with Gasteiger partial charge in [-0.3, -0.25) is 14.4 Å². The number of aryl methyl sites for hydroxylation is 2. The van der Waals surface area contributed by atoms with Crippen LogP contribution in [0.25, 0.3) is 0 Å². The van der Waals surface area contributed by atoms with E-state index in [2.05, 4.69) is 5.32 Å². The van der Waals surface area contributed by atoms with Gasteiger partial charge in [0.05, 0.1) is 17.2 Å². The molecule has 1 saturated heterocycles. The third kappa shape index (κ3) is 4.20. The van der Waals surface area contributed by atoms with Crippen LogP contribution in [-0.2, 0) is 44.1 Å². The number of imide groups is 1. The smallest absolute Gasteiger partial charge is 0.418 e. The van der Waals surface area contributed by atoms with Crippen LogP contribution < -0.4 is 11.1 Å². The molecule has 2 atom stereocenters. The van der Waals surface area contributed by atoms with Gasteiger partial charge in [0, 0.05) is 24.2 Å². The van der Waals surface area contributed by atoms with E-state index in [4.69, 9.17) is 10.5 Å². The summed E-state index contributed by atoms with van der Waals surface area (Å²) in [7, 11) is 0. The van der Waals surface area contributed by atoms with Crippen LogP contribution in [0.2, 0.25) is 0 Å². The van der Waals surface area contributed by atoms with Crippen molar-refractivity contribution in [2.45, 2.75) is 87.1 Å². The van der Waals surface area contributed by atoms with Gasteiger partial charge >= 0.3 is 6.09 Å². The van der Waals surface area contributed by atoms with Crippen molar-refractivity contribution in [2.24, 2.45) is 5.73 Å². The summed E-state index contributed by atoms with van der Waals surface area (Å²) in [5.74, 6) is -1.70. The second kappa shape index (κ2) is 9.34. The lowest BCUT2D eigenvalue weighted by Gasteiger charge is -2.36. The topological polar surface area (TPSA) is 142 Å². The molecule has 4 amide bonds. The second-order valence-electron chi connectivity index (χ2n) is 12.5. The first-order valence-electron chi connectivity index (χ1n) is 14.6. The fraction of sp³-hybridized carbons (Fsp3) is 0.484. The maximum Gasteiger partial charge on any atom is 0.418 e. The number of amides is 4. The first-order valence-corrected chi connectivity index (χ1v) is 14.6. The van der Waals surface area contributed by atoms with Crippen LogP contribution in [0, 0.1) is 5.82 Å². The highest BCUT2D eigenvalue weighted by Gasteiger charge is 2.59. The number of ether oxygens (including phenoxy) is 1. The molecule has 42 heavy (non-hydrogen) atoms. The van der Waals surface area contributed by atoms with Gasteiger partial charge in [-0.05, 0) is 92.3 Å². The van der Waals surface area contributed by atoms with E-state index in [1.54, 1.807) is 24.3 Å². The number of benzene rings is 2. The van der Waals surface area contributed by atoms with Crippen LogP contribution in [0.15, 0.2) is 36.4 Å². The minimum Gasteiger partial charge on any atom is -0.427 e. The van der Waals surface area contributed by atoms with E-state index in [0.717, 1.165) is 28.0 Å². The van der Waals surface area contributed by atoms with E-state index in [1.165, 1.54) is 17.0 Å². The van der Waals surface area contributed by atoms with Crippen LogP contribution in [0.4, 0.5) is 14.9 Å². The van der Waals surface area contributed by atoms with Gasteiger partial charge in [0.25, 0.3) is 5.91 Å². The molecule has 7 rings (SSSR count). The van der Waals surface area contributed by atoms with Crippen molar-refractivity contribution in [1.82, 2.24) is 9.80 Å². The summed E-state index contributed by atoms with van der Waals surface area (Å²) in [4.78, 5) is 55.6. The molecule has 1 spiro atoms. The van der Waals surface area contributed by atoms with Gasteiger partial charge in [-0.25, -0.2) is 14.1 Å². The first-order chi connectivity index (χ1) is 20.0. The van der Waals surface area contributed by atoms with Gasteiger partial charge in [-0.1, -0.05) is 12.1 Å². The number of nitrogens with one attached hydrogen (secondary N) is 1. The number of anilines is 1. The molecule has 2 heterocycles. The summed E-state index contributed by atoms with van der Waals surface area (Å²) in [6.07, 6.45) is 3.99. The van der Waals surface area contributed by atoms with Crippen molar-refractivity contribution in [3.63, 3.8) is 0 Å².